The Morgan fingerprint density at radius 3 is 0.833 bits per heavy atom. The largest absolute Gasteiger partial charge is 0.0622 e. The Hall–Kier alpha value is -1.74. The van der Waals surface area contributed by atoms with Gasteiger partial charge in [-0.15, -0.1) is 0 Å². The monoisotopic (exact) mass is 468 g/mol. The van der Waals surface area contributed by atoms with E-state index < -0.39 is 0 Å². The minimum atomic E-state index is -0.309. The SMILES string of the molecule is [Fe].c1ccc(P(CCCP(c2ccccc2)c2ccccc2)c2ccccc2)cc1. The van der Waals surface area contributed by atoms with Crippen molar-refractivity contribution >= 4 is 37.1 Å². The van der Waals surface area contributed by atoms with Crippen molar-refractivity contribution in [2.24, 2.45) is 0 Å². The summed E-state index contributed by atoms with van der Waals surface area (Å²) >= 11 is 0. The first-order valence-electron chi connectivity index (χ1n) is 10.2. The predicted octanol–water partition coefficient (Wildman–Crippen LogP) is 5.64. The normalized spacial score (nSPS) is 10.7. The van der Waals surface area contributed by atoms with Crippen LogP contribution in [0.15, 0.2) is 121 Å². The molecule has 0 heterocycles. The van der Waals surface area contributed by atoms with E-state index in [-0.39, 0.29) is 32.9 Å². The molecule has 0 unspecified atom stereocenters. The second kappa shape index (κ2) is 12.2. The van der Waals surface area contributed by atoms with Gasteiger partial charge in [0.25, 0.3) is 0 Å². The number of hydrogen-bond donors (Lipinski definition) is 0. The van der Waals surface area contributed by atoms with Gasteiger partial charge in [-0.05, 0) is 55.8 Å². The first kappa shape index (κ1) is 22.9. The summed E-state index contributed by atoms with van der Waals surface area (Å²) in [6, 6.07) is 44.3. The number of hydrogen-bond acceptors (Lipinski definition) is 0. The summed E-state index contributed by atoms with van der Waals surface area (Å²) in [5.41, 5.74) is 0. The van der Waals surface area contributed by atoms with Crippen molar-refractivity contribution in [1.29, 1.82) is 0 Å². The van der Waals surface area contributed by atoms with E-state index in [1.54, 1.807) is 0 Å². The third-order valence-electron chi connectivity index (χ3n) is 5.03. The summed E-state index contributed by atoms with van der Waals surface area (Å²) in [5.74, 6) is 0. The topological polar surface area (TPSA) is 0 Å². The number of benzene rings is 4. The maximum atomic E-state index is 2.30. The van der Waals surface area contributed by atoms with Crippen LogP contribution in [0.25, 0.3) is 0 Å². The number of rotatable bonds is 8. The van der Waals surface area contributed by atoms with Crippen LogP contribution in [-0.4, -0.2) is 12.3 Å². The summed E-state index contributed by atoms with van der Waals surface area (Å²) in [5, 5.41) is 5.94. The van der Waals surface area contributed by atoms with Crippen molar-refractivity contribution in [3.05, 3.63) is 121 Å². The van der Waals surface area contributed by atoms with E-state index in [9.17, 15) is 0 Å². The molecule has 0 saturated heterocycles. The second-order valence-electron chi connectivity index (χ2n) is 7.00. The molecule has 0 aliphatic carbocycles. The molecule has 4 aromatic rings. The van der Waals surface area contributed by atoms with E-state index in [2.05, 4.69) is 121 Å². The molecule has 30 heavy (non-hydrogen) atoms. The van der Waals surface area contributed by atoms with E-state index >= 15 is 0 Å². The van der Waals surface area contributed by atoms with Crippen molar-refractivity contribution in [3.8, 4) is 0 Å². The molecule has 0 aliphatic rings. The second-order valence-corrected chi connectivity index (χ2v) is 11.7. The zero-order valence-electron chi connectivity index (χ0n) is 16.9. The van der Waals surface area contributed by atoms with Crippen LogP contribution >= 0.6 is 15.8 Å². The predicted molar refractivity (Wildman–Crippen MR) is 132 cm³/mol. The van der Waals surface area contributed by atoms with Crippen LogP contribution in [0.1, 0.15) is 6.42 Å². The summed E-state index contributed by atoms with van der Waals surface area (Å²) < 4.78 is 0. The Bertz CT molecular complexity index is 814. The van der Waals surface area contributed by atoms with Crippen molar-refractivity contribution in [2.45, 2.75) is 6.42 Å². The van der Waals surface area contributed by atoms with Crippen molar-refractivity contribution in [1.82, 2.24) is 0 Å². The van der Waals surface area contributed by atoms with E-state index in [0.717, 1.165) is 0 Å². The van der Waals surface area contributed by atoms with Gasteiger partial charge >= 0.3 is 0 Å². The smallest absolute Gasteiger partial charge is 0 e. The van der Waals surface area contributed by atoms with Crippen molar-refractivity contribution < 1.29 is 17.1 Å². The maximum absolute atomic E-state index is 2.30. The molecule has 0 nitrogen and oxygen atoms in total. The zero-order chi connectivity index (χ0) is 19.7. The van der Waals surface area contributed by atoms with E-state index in [1.807, 2.05) is 0 Å². The fraction of sp³-hybridized carbons (Fsp3) is 0.111. The van der Waals surface area contributed by atoms with Crippen molar-refractivity contribution in [2.75, 3.05) is 12.3 Å². The quantitative estimate of drug-likeness (QED) is 0.232. The van der Waals surface area contributed by atoms with Gasteiger partial charge in [0.1, 0.15) is 0 Å². The van der Waals surface area contributed by atoms with Gasteiger partial charge in [0.15, 0.2) is 0 Å². The standard InChI is InChI=1S/C27H26P2.Fe/c1-5-14-24(15-6-1)28(25-16-7-2-8-17-25)22-13-23-29(26-18-9-3-10-19-26)27-20-11-4-12-21-27;/h1-12,14-21H,13,22-23H2;. The molecule has 0 amide bonds. The van der Waals surface area contributed by atoms with Crippen LogP contribution in [-0.2, 0) is 17.1 Å². The molecule has 0 aromatic heterocycles. The zero-order valence-corrected chi connectivity index (χ0v) is 19.8. The fourth-order valence-corrected chi connectivity index (χ4v) is 8.59. The van der Waals surface area contributed by atoms with Crippen LogP contribution in [0.5, 0.6) is 0 Å². The Morgan fingerprint density at radius 1 is 0.367 bits per heavy atom. The minimum Gasteiger partial charge on any atom is -0.0622 e. The Kier molecular flexibility index (Phi) is 9.32. The van der Waals surface area contributed by atoms with Crippen LogP contribution < -0.4 is 21.2 Å². The molecule has 0 fully saturated rings. The molecule has 0 radical (unpaired) electrons. The third kappa shape index (κ3) is 6.13. The van der Waals surface area contributed by atoms with Crippen molar-refractivity contribution in [3.63, 3.8) is 0 Å². The molecule has 0 saturated carbocycles. The average molecular weight is 468 g/mol. The van der Waals surface area contributed by atoms with Crippen LogP contribution in [0.2, 0.25) is 0 Å². The van der Waals surface area contributed by atoms with Gasteiger partial charge in [-0.2, -0.15) is 0 Å². The van der Waals surface area contributed by atoms with Crippen LogP contribution in [0, 0.1) is 0 Å². The summed E-state index contributed by atoms with van der Waals surface area (Å²) in [6.45, 7) is 0. The van der Waals surface area contributed by atoms with Gasteiger partial charge in [0, 0.05) is 17.1 Å². The van der Waals surface area contributed by atoms with Gasteiger partial charge in [-0.1, -0.05) is 121 Å². The van der Waals surface area contributed by atoms with E-state index in [1.165, 1.54) is 40.0 Å². The summed E-state index contributed by atoms with van der Waals surface area (Å²) in [4.78, 5) is 0. The Balaban J connectivity index is 0.00000256. The fourth-order valence-electron chi connectivity index (χ4n) is 3.63. The van der Waals surface area contributed by atoms with Gasteiger partial charge < -0.3 is 0 Å². The molecule has 0 atom stereocenters. The molecule has 4 aromatic carbocycles. The summed E-state index contributed by atoms with van der Waals surface area (Å²) in [6.07, 6.45) is 3.72. The molecule has 0 bridgehead atoms. The molecule has 4 rings (SSSR count). The van der Waals surface area contributed by atoms with E-state index in [0.29, 0.717) is 0 Å². The maximum Gasteiger partial charge on any atom is 0 e. The van der Waals surface area contributed by atoms with E-state index in [4.69, 9.17) is 0 Å². The first-order valence-corrected chi connectivity index (χ1v) is 13.2. The third-order valence-corrected chi connectivity index (χ3v) is 10.2. The first-order chi connectivity index (χ1) is 14.4. The van der Waals surface area contributed by atoms with Gasteiger partial charge in [0.2, 0.25) is 0 Å². The molecule has 0 spiro atoms. The molecule has 0 N–H and O–H groups in total. The van der Waals surface area contributed by atoms with Crippen LogP contribution in [0.3, 0.4) is 0 Å². The average Bonchev–Trinajstić information content (AvgIpc) is 2.81. The Labute approximate surface area is 193 Å². The van der Waals surface area contributed by atoms with Gasteiger partial charge in [0.05, 0.1) is 0 Å². The van der Waals surface area contributed by atoms with Gasteiger partial charge in [-0.25, -0.2) is 0 Å². The molecule has 3 heteroatoms. The minimum absolute atomic E-state index is 0. The Morgan fingerprint density at radius 2 is 0.600 bits per heavy atom. The summed E-state index contributed by atoms with van der Waals surface area (Å²) in [7, 11) is -0.618. The van der Waals surface area contributed by atoms with Crippen LogP contribution in [0.4, 0.5) is 0 Å². The van der Waals surface area contributed by atoms with Gasteiger partial charge in [-0.3, -0.25) is 0 Å². The molecular formula is C27H26FeP2. The molecule has 0 aliphatic heterocycles. The molecular weight excluding hydrogens is 442 g/mol. The molecule has 152 valence electrons.